The largest absolute Gasteiger partial charge is 0.375 e. The van der Waals surface area contributed by atoms with Gasteiger partial charge in [-0.1, -0.05) is 174 Å². The van der Waals surface area contributed by atoms with Gasteiger partial charge in [-0.3, -0.25) is 9.59 Å². The Hall–Kier alpha value is -4.05. The molecule has 0 saturated carbocycles. The summed E-state index contributed by atoms with van der Waals surface area (Å²) >= 11 is 90.0. The first kappa shape index (κ1) is 76.3. The number of halogens is 15. The summed E-state index contributed by atoms with van der Waals surface area (Å²) in [5.41, 5.74) is -1.22. The molecule has 0 saturated heterocycles. The van der Waals surface area contributed by atoms with Gasteiger partial charge in [0.1, 0.15) is 29.4 Å². The molecular formula is C52H25Cl15O20S6. The van der Waals surface area contributed by atoms with Crippen LogP contribution in [0.1, 0.15) is 34.6 Å². The predicted molar refractivity (Wildman–Crippen MR) is 354 cm³/mol. The van der Waals surface area contributed by atoms with Gasteiger partial charge in [-0.05, 0) is 129 Å². The third-order valence-corrected chi connectivity index (χ3v) is 25.2. The highest BCUT2D eigenvalue weighted by Crippen LogP contribution is 2.49. The van der Waals surface area contributed by atoms with Crippen molar-refractivity contribution in [1.82, 2.24) is 0 Å². The summed E-state index contributed by atoms with van der Waals surface area (Å²) in [7, 11) is -30.5. The maximum Gasteiger partial charge on any atom is 0.341 e. The number of carbonyl (C=O) groups excluding carboxylic acids is 2. The van der Waals surface area contributed by atoms with Crippen LogP contribution < -0.4 is 25.1 Å². The van der Waals surface area contributed by atoms with E-state index in [1.54, 1.807) is 0 Å². The van der Waals surface area contributed by atoms with Gasteiger partial charge in [-0.15, -0.1) is 0 Å². The van der Waals surface area contributed by atoms with Crippen molar-refractivity contribution in [3.8, 4) is 34.5 Å². The van der Waals surface area contributed by atoms with Crippen molar-refractivity contribution in [2.24, 2.45) is 0 Å². The second-order valence-corrected chi connectivity index (χ2v) is 32.7. The maximum atomic E-state index is 13.6. The normalized spacial score (nSPS) is 12.1. The molecule has 0 aliphatic rings. The van der Waals surface area contributed by atoms with Crippen molar-refractivity contribution in [2.75, 3.05) is 0 Å². The van der Waals surface area contributed by atoms with Gasteiger partial charge in [0, 0.05) is 15.1 Å². The molecule has 494 valence electrons. The third-order valence-electron chi connectivity index (χ3n) is 11.4. The Morgan fingerprint density at radius 1 is 0.258 bits per heavy atom. The first-order valence-electron chi connectivity index (χ1n) is 23.7. The van der Waals surface area contributed by atoms with E-state index in [0.29, 0.717) is 0 Å². The molecule has 8 aromatic rings. The lowest BCUT2D eigenvalue weighted by atomic mass is 10.1. The maximum absolute atomic E-state index is 13.6. The number of carbonyl (C=O) groups is 2. The fourth-order valence-corrected chi connectivity index (χ4v) is 17.9. The van der Waals surface area contributed by atoms with Crippen molar-refractivity contribution in [1.29, 1.82) is 0 Å². The quantitative estimate of drug-likeness (QED) is 0.0389. The van der Waals surface area contributed by atoms with Crippen LogP contribution in [0.2, 0.25) is 75.3 Å². The average Bonchev–Trinajstić information content (AvgIpc) is 0.767. The molecule has 8 aromatic carbocycles. The SMILES string of the molecule is CC(=O)c1ccc(OS(=O)(=O)c2cc(Cl)ccc2Cl)c(OS(=O)(=O)c2cc(Cl)ccc2Cl)c1OS(=O)(=O)c1cc(Cl)ccc1Cl.CC(=O)c1ccc(OS(=O)(=O)c2ccc(Cl)c(Cl)c2Cl)c(OS(=O)(=O)c2ccc(Cl)c(Cl)c2Cl)c1OS(=O)(=O)c1ccc(Cl)c(Cl)c1Cl. The van der Waals surface area contributed by atoms with Gasteiger partial charge < -0.3 is 25.1 Å². The van der Waals surface area contributed by atoms with Crippen LogP contribution >= 0.6 is 174 Å². The van der Waals surface area contributed by atoms with Crippen molar-refractivity contribution in [3.63, 3.8) is 0 Å². The summed E-state index contributed by atoms with van der Waals surface area (Å²) in [6.07, 6.45) is 0. The molecule has 0 atom stereocenters. The fraction of sp³-hybridized carbons (Fsp3) is 0.0385. The van der Waals surface area contributed by atoms with Crippen LogP contribution in [0.5, 0.6) is 34.5 Å². The highest BCUT2D eigenvalue weighted by atomic mass is 35.5. The number of ketones is 2. The van der Waals surface area contributed by atoms with E-state index in [4.69, 9.17) is 199 Å². The van der Waals surface area contributed by atoms with Crippen LogP contribution in [-0.2, 0) is 60.7 Å². The summed E-state index contributed by atoms with van der Waals surface area (Å²) < 4.78 is 193. The Morgan fingerprint density at radius 3 is 0.753 bits per heavy atom. The lowest BCUT2D eigenvalue weighted by molar-refractivity contribution is 0.100. The molecule has 20 nitrogen and oxygen atoms in total. The first-order valence-corrected chi connectivity index (χ1v) is 37.8. The molecule has 0 radical (unpaired) electrons. The minimum Gasteiger partial charge on any atom is -0.375 e. The minimum atomic E-state index is -5.22. The van der Waals surface area contributed by atoms with E-state index in [-0.39, 0.29) is 50.2 Å². The predicted octanol–water partition coefficient (Wildman–Crippen LogP) is 18.2. The minimum absolute atomic E-state index is 0.0586. The van der Waals surface area contributed by atoms with Gasteiger partial charge in [-0.2, -0.15) is 50.5 Å². The van der Waals surface area contributed by atoms with Crippen LogP contribution in [0.25, 0.3) is 0 Å². The molecular weight excluding hydrogens is 1670 g/mol. The average molecular weight is 1690 g/mol. The van der Waals surface area contributed by atoms with Gasteiger partial charge in [-0.25, -0.2) is 0 Å². The van der Waals surface area contributed by atoms with E-state index >= 15 is 0 Å². The van der Waals surface area contributed by atoms with Gasteiger partial charge in [0.15, 0.2) is 23.1 Å². The van der Waals surface area contributed by atoms with Gasteiger partial charge in [0.05, 0.1) is 71.4 Å². The van der Waals surface area contributed by atoms with Gasteiger partial charge in [0.2, 0.25) is 23.0 Å². The zero-order valence-corrected chi connectivity index (χ0v) is 61.0. The highest BCUT2D eigenvalue weighted by molar-refractivity contribution is 7.89. The number of rotatable bonds is 20. The Morgan fingerprint density at radius 2 is 0.484 bits per heavy atom. The second-order valence-electron chi connectivity index (χ2n) is 17.6. The second kappa shape index (κ2) is 29.6. The molecule has 0 bridgehead atoms. The molecule has 0 amide bonds. The number of benzene rings is 8. The molecule has 0 fully saturated rings. The van der Waals surface area contributed by atoms with Gasteiger partial charge >= 0.3 is 60.7 Å². The molecule has 0 N–H and O–H groups in total. The third kappa shape index (κ3) is 17.3. The molecule has 0 aliphatic carbocycles. The van der Waals surface area contributed by atoms with E-state index < -0.39 is 172 Å². The lowest BCUT2D eigenvalue weighted by Crippen LogP contribution is -2.18. The summed E-state index contributed by atoms with van der Waals surface area (Å²) in [4.78, 5) is 20.9. The van der Waals surface area contributed by atoms with Crippen LogP contribution in [0, 0.1) is 0 Å². The molecule has 93 heavy (non-hydrogen) atoms. The Bertz CT molecular complexity index is 5180. The van der Waals surface area contributed by atoms with Crippen LogP contribution in [0.3, 0.4) is 0 Å². The monoisotopic (exact) mass is 1690 g/mol. The van der Waals surface area contributed by atoms with E-state index in [1.807, 2.05) is 0 Å². The number of hydrogen-bond donors (Lipinski definition) is 0. The molecule has 0 spiro atoms. The van der Waals surface area contributed by atoms with Crippen LogP contribution in [0.15, 0.2) is 145 Å². The Kier molecular flexibility index (Phi) is 24.3. The summed E-state index contributed by atoms with van der Waals surface area (Å²) in [6.45, 7) is 1.93. The van der Waals surface area contributed by atoms with E-state index in [1.165, 1.54) is 18.2 Å². The smallest absolute Gasteiger partial charge is 0.341 e. The standard InChI is InChI=1S/C26H11Cl9O10S3.C26H14Cl6O10S3/c1-10(36)11-2-6-15(43-46(37,38)16-7-3-12(27)19(30)22(16)33)26(45-48(41,42)18-9-5-14(29)21(32)24(18)35)25(11)44-47(39,40)17-8-4-13(28)20(31)23(17)34;1-13(33)17-5-9-21(40-43(34,35)22-10-14(27)2-6-18(22)30)26(42-45(38,39)24-12-16(29)4-8-20(24)32)25(17)41-44(36,37)23-11-15(28)3-7-19(23)31/h2-9H,1H3;2-12H,1H3. The zero-order valence-electron chi connectivity index (χ0n) is 44.8. The summed E-state index contributed by atoms with van der Waals surface area (Å²) in [5.74, 6) is -8.51. The van der Waals surface area contributed by atoms with E-state index in [0.717, 1.165) is 111 Å². The molecule has 0 unspecified atom stereocenters. The van der Waals surface area contributed by atoms with Crippen molar-refractivity contribution < 1.29 is 85.2 Å². The lowest BCUT2D eigenvalue weighted by Gasteiger charge is -2.19. The molecule has 0 heterocycles. The van der Waals surface area contributed by atoms with Crippen LogP contribution in [0.4, 0.5) is 0 Å². The topological polar surface area (TPSA) is 294 Å². The highest BCUT2D eigenvalue weighted by Gasteiger charge is 2.38. The molecule has 0 aromatic heterocycles. The first-order chi connectivity index (χ1) is 42.9. The number of Topliss-reactive ketones (excluding diaryl/α,β-unsaturated/α-hetero) is 2. The number of hydrogen-bond acceptors (Lipinski definition) is 20. The summed E-state index contributed by atoms with van der Waals surface area (Å²) in [6, 6.07) is 19.2. The van der Waals surface area contributed by atoms with E-state index in [2.05, 4.69) is 0 Å². The molecule has 0 aliphatic heterocycles. The molecule has 8 rings (SSSR count). The zero-order chi connectivity index (χ0) is 69.6. The Balaban J connectivity index is 0.000000264. The fourth-order valence-electron chi connectivity index (χ4n) is 7.15. The van der Waals surface area contributed by atoms with Crippen molar-refractivity contribution in [2.45, 2.75) is 43.2 Å². The van der Waals surface area contributed by atoms with Crippen molar-refractivity contribution in [3.05, 3.63) is 202 Å². The summed E-state index contributed by atoms with van der Waals surface area (Å²) in [5, 5.41) is -4.76. The van der Waals surface area contributed by atoms with E-state index in [9.17, 15) is 60.1 Å². The van der Waals surface area contributed by atoms with Gasteiger partial charge in [0.25, 0.3) is 0 Å². The Labute approximate surface area is 604 Å². The van der Waals surface area contributed by atoms with Crippen molar-refractivity contribution >= 4 is 246 Å². The molecule has 41 heteroatoms. The van der Waals surface area contributed by atoms with Crippen LogP contribution in [-0.4, -0.2) is 62.1 Å².